The van der Waals surface area contributed by atoms with Gasteiger partial charge in [0.25, 0.3) is 0 Å². The third kappa shape index (κ3) is 4.76. The van der Waals surface area contributed by atoms with Crippen LogP contribution in [0.1, 0.15) is 68.9 Å². The molecule has 0 heterocycles. The number of hydrogen-bond donors (Lipinski definition) is 0. The molecule has 30 heavy (non-hydrogen) atoms. The van der Waals surface area contributed by atoms with Crippen molar-refractivity contribution in [1.29, 1.82) is 0 Å². The molecule has 162 valence electrons. The SMILES string of the molecule is Cc1ccc(/C=C/C2CCC(C3=CC=C(C4CCCCC4)C(F)C3F)CC2)c(F)c1. The molecule has 2 saturated carbocycles. The fourth-order valence-electron chi connectivity index (χ4n) is 5.52. The lowest BCUT2D eigenvalue weighted by Crippen LogP contribution is -2.32. The lowest BCUT2D eigenvalue weighted by atomic mass is 9.72. The Balaban J connectivity index is 1.37. The Morgan fingerprint density at radius 1 is 0.800 bits per heavy atom. The van der Waals surface area contributed by atoms with Gasteiger partial charge in [-0.05, 0) is 86.0 Å². The molecule has 0 nitrogen and oxygen atoms in total. The summed E-state index contributed by atoms with van der Waals surface area (Å²) in [6, 6.07) is 5.28. The summed E-state index contributed by atoms with van der Waals surface area (Å²) in [6.45, 7) is 1.88. The van der Waals surface area contributed by atoms with Crippen molar-refractivity contribution < 1.29 is 13.2 Å². The first-order valence-electron chi connectivity index (χ1n) is 11.7. The maximum Gasteiger partial charge on any atom is 0.157 e. The predicted octanol–water partition coefficient (Wildman–Crippen LogP) is 8.08. The van der Waals surface area contributed by atoms with E-state index in [4.69, 9.17) is 0 Å². The van der Waals surface area contributed by atoms with Gasteiger partial charge < -0.3 is 0 Å². The number of rotatable bonds is 4. The van der Waals surface area contributed by atoms with Crippen LogP contribution in [0.2, 0.25) is 0 Å². The van der Waals surface area contributed by atoms with Gasteiger partial charge in [-0.2, -0.15) is 0 Å². The van der Waals surface area contributed by atoms with Crippen molar-refractivity contribution in [1.82, 2.24) is 0 Å². The molecule has 3 aliphatic carbocycles. The summed E-state index contributed by atoms with van der Waals surface area (Å²) in [5.41, 5.74) is 2.89. The highest BCUT2D eigenvalue weighted by Gasteiger charge is 2.38. The standard InChI is InChI=1S/C27H33F3/c1-18-7-11-22(25(28)17-18)14-10-19-8-12-21(13-9-19)24-16-15-23(26(29)27(24)30)20-5-3-2-4-6-20/h7,10-11,14-17,19-21,26-27H,2-6,8-9,12-13H2,1H3/b14-10+. The Kier molecular flexibility index (Phi) is 6.85. The predicted molar refractivity (Wildman–Crippen MR) is 118 cm³/mol. The van der Waals surface area contributed by atoms with E-state index >= 15 is 4.39 Å². The van der Waals surface area contributed by atoms with Crippen molar-refractivity contribution >= 4 is 6.08 Å². The summed E-state index contributed by atoms with van der Waals surface area (Å²) in [6.07, 6.45) is 13.9. The molecular formula is C27H33F3. The van der Waals surface area contributed by atoms with Crippen LogP contribution < -0.4 is 0 Å². The summed E-state index contributed by atoms with van der Waals surface area (Å²) in [7, 11) is 0. The van der Waals surface area contributed by atoms with E-state index in [9.17, 15) is 8.78 Å². The van der Waals surface area contributed by atoms with Crippen LogP contribution in [0.3, 0.4) is 0 Å². The van der Waals surface area contributed by atoms with Crippen LogP contribution in [0.15, 0.2) is 47.6 Å². The number of aryl methyl sites for hydroxylation is 1. The van der Waals surface area contributed by atoms with Crippen LogP contribution in [0.4, 0.5) is 13.2 Å². The molecule has 2 atom stereocenters. The summed E-state index contributed by atoms with van der Waals surface area (Å²) in [5, 5.41) is 0. The second kappa shape index (κ2) is 9.58. The highest BCUT2D eigenvalue weighted by molar-refractivity contribution is 5.51. The van der Waals surface area contributed by atoms with Crippen molar-refractivity contribution in [3.05, 3.63) is 64.5 Å². The van der Waals surface area contributed by atoms with Crippen LogP contribution >= 0.6 is 0 Å². The highest BCUT2D eigenvalue weighted by Crippen LogP contribution is 2.42. The Hall–Kier alpha value is -1.77. The van der Waals surface area contributed by atoms with Crippen molar-refractivity contribution in [3.63, 3.8) is 0 Å². The molecule has 0 N–H and O–H groups in total. The van der Waals surface area contributed by atoms with Gasteiger partial charge in [-0.25, -0.2) is 13.2 Å². The van der Waals surface area contributed by atoms with E-state index in [0.29, 0.717) is 22.6 Å². The van der Waals surface area contributed by atoms with Gasteiger partial charge in [0.1, 0.15) is 5.82 Å². The number of hydrogen-bond acceptors (Lipinski definition) is 0. The van der Waals surface area contributed by atoms with Gasteiger partial charge in [0.2, 0.25) is 0 Å². The monoisotopic (exact) mass is 414 g/mol. The zero-order valence-corrected chi connectivity index (χ0v) is 17.9. The summed E-state index contributed by atoms with van der Waals surface area (Å²) < 4.78 is 44.0. The summed E-state index contributed by atoms with van der Waals surface area (Å²) in [4.78, 5) is 0. The molecule has 1 aromatic carbocycles. The Morgan fingerprint density at radius 2 is 1.40 bits per heavy atom. The average molecular weight is 415 g/mol. The van der Waals surface area contributed by atoms with Crippen molar-refractivity contribution in [2.75, 3.05) is 0 Å². The first-order chi connectivity index (χ1) is 14.5. The Labute approximate surface area is 179 Å². The van der Waals surface area contributed by atoms with Gasteiger partial charge in [0.05, 0.1) is 0 Å². The van der Waals surface area contributed by atoms with E-state index in [2.05, 4.69) is 6.08 Å². The molecule has 2 unspecified atom stereocenters. The van der Waals surface area contributed by atoms with Gasteiger partial charge >= 0.3 is 0 Å². The number of alkyl halides is 2. The second-order valence-corrected chi connectivity index (χ2v) is 9.47. The minimum Gasteiger partial charge on any atom is -0.239 e. The van der Waals surface area contributed by atoms with Crippen molar-refractivity contribution in [2.24, 2.45) is 17.8 Å². The first-order valence-corrected chi connectivity index (χ1v) is 11.7. The molecule has 0 aromatic heterocycles. The lowest BCUT2D eigenvalue weighted by molar-refractivity contribution is 0.181. The minimum atomic E-state index is -1.48. The van der Waals surface area contributed by atoms with Gasteiger partial charge in [-0.3, -0.25) is 0 Å². The van der Waals surface area contributed by atoms with Crippen LogP contribution in [-0.4, -0.2) is 12.3 Å². The van der Waals surface area contributed by atoms with E-state index in [1.165, 1.54) is 6.42 Å². The highest BCUT2D eigenvalue weighted by atomic mass is 19.2. The van der Waals surface area contributed by atoms with Gasteiger partial charge in [-0.1, -0.05) is 55.7 Å². The number of benzene rings is 1. The van der Waals surface area contributed by atoms with E-state index in [-0.39, 0.29) is 17.7 Å². The molecule has 0 spiro atoms. The normalized spacial score (nSPS) is 30.9. The molecule has 0 amide bonds. The van der Waals surface area contributed by atoms with Crippen molar-refractivity contribution in [2.45, 2.75) is 77.1 Å². The van der Waals surface area contributed by atoms with Crippen LogP contribution in [-0.2, 0) is 0 Å². The molecule has 4 rings (SSSR count). The average Bonchev–Trinajstić information content (AvgIpc) is 2.76. The summed E-state index contributed by atoms with van der Waals surface area (Å²) in [5.74, 6) is 0.539. The van der Waals surface area contributed by atoms with E-state index in [1.807, 2.05) is 37.3 Å². The molecule has 0 saturated heterocycles. The smallest absolute Gasteiger partial charge is 0.157 e. The number of halogens is 3. The van der Waals surface area contributed by atoms with Gasteiger partial charge in [-0.15, -0.1) is 0 Å². The Bertz CT molecular complexity index is 821. The zero-order chi connectivity index (χ0) is 21.1. The fourth-order valence-corrected chi connectivity index (χ4v) is 5.52. The first kappa shape index (κ1) is 21.5. The quantitative estimate of drug-likeness (QED) is 0.467. The molecule has 1 aromatic rings. The van der Waals surface area contributed by atoms with E-state index < -0.39 is 12.3 Å². The molecule has 0 bridgehead atoms. The third-order valence-corrected chi connectivity index (χ3v) is 7.39. The lowest BCUT2D eigenvalue weighted by Gasteiger charge is -2.35. The van der Waals surface area contributed by atoms with Crippen LogP contribution in [0.5, 0.6) is 0 Å². The van der Waals surface area contributed by atoms with Crippen molar-refractivity contribution in [3.8, 4) is 0 Å². The van der Waals surface area contributed by atoms with Crippen LogP contribution in [0, 0.1) is 30.5 Å². The Morgan fingerprint density at radius 3 is 2.00 bits per heavy atom. The molecular weight excluding hydrogens is 381 g/mol. The van der Waals surface area contributed by atoms with E-state index in [0.717, 1.165) is 56.9 Å². The van der Waals surface area contributed by atoms with Gasteiger partial charge in [0, 0.05) is 5.56 Å². The zero-order valence-electron chi connectivity index (χ0n) is 17.9. The van der Waals surface area contributed by atoms with E-state index in [1.54, 1.807) is 6.07 Å². The molecule has 3 aliphatic rings. The minimum absolute atomic E-state index is 0.128. The molecule has 0 aliphatic heterocycles. The second-order valence-electron chi connectivity index (χ2n) is 9.47. The topological polar surface area (TPSA) is 0 Å². The molecule has 2 fully saturated rings. The van der Waals surface area contributed by atoms with Gasteiger partial charge in [0.15, 0.2) is 12.3 Å². The largest absolute Gasteiger partial charge is 0.239 e. The van der Waals surface area contributed by atoms with Crippen LogP contribution in [0.25, 0.3) is 6.08 Å². The summed E-state index contributed by atoms with van der Waals surface area (Å²) >= 11 is 0. The molecule has 0 radical (unpaired) electrons. The fraction of sp³-hybridized carbons (Fsp3) is 0.556. The number of allylic oxidation sites excluding steroid dienone is 5. The third-order valence-electron chi connectivity index (χ3n) is 7.39. The maximum absolute atomic E-state index is 15.0. The molecule has 3 heteroatoms. The maximum atomic E-state index is 15.0.